The maximum atomic E-state index is 11.8. The summed E-state index contributed by atoms with van der Waals surface area (Å²) in [5.74, 6) is 0. The summed E-state index contributed by atoms with van der Waals surface area (Å²) in [5.41, 5.74) is 5.63. The predicted molar refractivity (Wildman–Crippen MR) is 114 cm³/mol. The first-order chi connectivity index (χ1) is 13.1. The van der Waals surface area contributed by atoms with Crippen molar-refractivity contribution in [2.75, 3.05) is 17.2 Å². The van der Waals surface area contributed by atoms with Crippen molar-refractivity contribution in [1.82, 2.24) is 5.32 Å². The molecule has 0 aliphatic rings. The van der Waals surface area contributed by atoms with Gasteiger partial charge in [-0.15, -0.1) is 0 Å². The summed E-state index contributed by atoms with van der Waals surface area (Å²) in [6.45, 7) is 4.51. The molecule has 0 aliphatic heterocycles. The van der Waals surface area contributed by atoms with Crippen molar-refractivity contribution in [2.45, 2.75) is 13.8 Å². The van der Waals surface area contributed by atoms with E-state index in [1.54, 1.807) is 0 Å². The van der Waals surface area contributed by atoms with E-state index in [2.05, 4.69) is 35.0 Å². The van der Waals surface area contributed by atoms with Gasteiger partial charge in [0.15, 0.2) is 0 Å². The molecule has 0 spiro atoms. The molecule has 0 atom stereocenters. The first-order valence-corrected chi connectivity index (χ1v) is 9.22. The zero-order valence-electron chi connectivity index (χ0n) is 15.3. The molecule has 0 radical (unpaired) electrons. The Bertz CT molecular complexity index is 956. The lowest BCUT2D eigenvalue weighted by atomic mass is 10.0. The van der Waals surface area contributed by atoms with Gasteiger partial charge in [0.05, 0.1) is 16.4 Å². The Morgan fingerprint density at radius 2 is 1.63 bits per heavy atom. The first-order valence-electron chi connectivity index (χ1n) is 8.85. The van der Waals surface area contributed by atoms with Crippen LogP contribution in [0.4, 0.5) is 21.9 Å². The molecule has 0 aromatic heterocycles. The number of rotatable bonds is 5. The van der Waals surface area contributed by atoms with Gasteiger partial charge in [-0.3, -0.25) is 0 Å². The Kier molecular flexibility index (Phi) is 5.99. The second-order valence-corrected chi connectivity index (χ2v) is 6.57. The fourth-order valence-corrected chi connectivity index (χ4v) is 3.15. The van der Waals surface area contributed by atoms with Crippen molar-refractivity contribution < 1.29 is 4.79 Å². The van der Waals surface area contributed by atoms with Crippen LogP contribution in [0.1, 0.15) is 12.5 Å². The molecule has 27 heavy (non-hydrogen) atoms. The number of halogens is 1. The fourth-order valence-electron chi connectivity index (χ4n) is 2.87. The van der Waals surface area contributed by atoms with Crippen LogP contribution in [-0.2, 0) is 0 Å². The van der Waals surface area contributed by atoms with Gasteiger partial charge in [-0.1, -0.05) is 54.1 Å². The molecule has 3 rings (SSSR count). The Labute approximate surface area is 164 Å². The number of amides is 2. The summed E-state index contributed by atoms with van der Waals surface area (Å²) in [5, 5.41) is 9.57. The number of hydrogen-bond donors (Lipinski definition) is 3. The molecule has 0 fully saturated rings. The van der Waals surface area contributed by atoms with Gasteiger partial charge in [0.2, 0.25) is 0 Å². The van der Waals surface area contributed by atoms with Gasteiger partial charge in [-0.25, -0.2) is 4.79 Å². The van der Waals surface area contributed by atoms with Crippen molar-refractivity contribution in [2.24, 2.45) is 0 Å². The van der Waals surface area contributed by atoms with Crippen molar-refractivity contribution >= 4 is 34.7 Å². The number of carbonyl (C=O) groups is 1. The molecule has 138 valence electrons. The van der Waals surface area contributed by atoms with E-state index < -0.39 is 0 Å². The minimum absolute atomic E-state index is 0.236. The van der Waals surface area contributed by atoms with Crippen LogP contribution in [0.2, 0.25) is 5.02 Å². The smallest absolute Gasteiger partial charge is 0.319 e. The van der Waals surface area contributed by atoms with Crippen LogP contribution in [-0.4, -0.2) is 12.6 Å². The van der Waals surface area contributed by atoms with E-state index in [1.165, 1.54) is 5.56 Å². The molecule has 0 saturated heterocycles. The number of hydrogen-bond acceptors (Lipinski definition) is 2. The topological polar surface area (TPSA) is 53.2 Å². The SMILES string of the molecule is CCNC(=O)Nc1ccccc1Nc1ccc(-c2ccccc2C)c(Cl)c1. The minimum atomic E-state index is -0.236. The first kappa shape index (κ1) is 18.8. The third-order valence-electron chi connectivity index (χ3n) is 4.20. The average Bonchev–Trinajstić information content (AvgIpc) is 2.65. The highest BCUT2D eigenvalue weighted by molar-refractivity contribution is 6.33. The molecular formula is C22H22ClN3O. The Hall–Kier alpha value is -2.98. The standard InChI is InChI=1S/C22H22ClN3O/c1-3-24-22(27)26-21-11-7-6-10-20(21)25-16-12-13-18(19(23)14-16)17-9-5-4-8-15(17)2/h4-14,25H,3H2,1-2H3,(H2,24,26,27). The van der Waals surface area contributed by atoms with Crippen LogP contribution in [0.25, 0.3) is 11.1 Å². The number of aryl methyl sites for hydroxylation is 1. The van der Waals surface area contributed by atoms with E-state index in [9.17, 15) is 4.79 Å². The van der Waals surface area contributed by atoms with E-state index in [1.807, 2.05) is 61.5 Å². The zero-order chi connectivity index (χ0) is 19.2. The quantitative estimate of drug-likeness (QED) is 0.494. The van der Waals surface area contributed by atoms with Gasteiger partial charge < -0.3 is 16.0 Å². The van der Waals surface area contributed by atoms with Gasteiger partial charge in [-0.05, 0) is 49.2 Å². The van der Waals surface area contributed by atoms with Gasteiger partial charge in [-0.2, -0.15) is 0 Å². The van der Waals surface area contributed by atoms with Crippen molar-refractivity contribution in [3.63, 3.8) is 0 Å². The lowest BCUT2D eigenvalue weighted by molar-refractivity contribution is 0.252. The van der Waals surface area contributed by atoms with Gasteiger partial charge in [0, 0.05) is 17.8 Å². The van der Waals surface area contributed by atoms with Crippen LogP contribution < -0.4 is 16.0 Å². The number of para-hydroxylation sites is 2. The molecule has 0 unspecified atom stereocenters. The molecule has 0 heterocycles. The van der Waals surface area contributed by atoms with E-state index in [4.69, 9.17) is 11.6 Å². The van der Waals surface area contributed by atoms with E-state index >= 15 is 0 Å². The second kappa shape index (κ2) is 8.60. The maximum absolute atomic E-state index is 11.8. The molecule has 3 N–H and O–H groups in total. The van der Waals surface area contributed by atoms with Crippen molar-refractivity contribution in [1.29, 1.82) is 0 Å². The highest BCUT2D eigenvalue weighted by Crippen LogP contribution is 2.34. The van der Waals surface area contributed by atoms with Gasteiger partial charge in [0.25, 0.3) is 0 Å². The molecular weight excluding hydrogens is 358 g/mol. The highest BCUT2D eigenvalue weighted by atomic mass is 35.5. The average molecular weight is 380 g/mol. The van der Waals surface area contributed by atoms with E-state index in [-0.39, 0.29) is 6.03 Å². The largest absolute Gasteiger partial charge is 0.354 e. The number of carbonyl (C=O) groups excluding carboxylic acids is 1. The van der Waals surface area contributed by atoms with Crippen LogP contribution in [0.5, 0.6) is 0 Å². The van der Waals surface area contributed by atoms with Gasteiger partial charge in [0.1, 0.15) is 0 Å². The zero-order valence-corrected chi connectivity index (χ0v) is 16.1. The summed E-state index contributed by atoms with van der Waals surface area (Å²) in [4.78, 5) is 11.8. The number of urea groups is 1. The van der Waals surface area contributed by atoms with Gasteiger partial charge >= 0.3 is 6.03 Å². The monoisotopic (exact) mass is 379 g/mol. The third-order valence-corrected chi connectivity index (χ3v) is 4.51. The minimum Gasteiger partial charge on any atom is -0.354 e. The Morgan fingerprint density at radius 3 is 2.33 bits per heavy atom. The van der Waals surface area contributed by atoms with Crippen LogP contribution in [0.15, 0.2) is 66.7 Å². The summed E-state index contributed by atoms with van der Waals surface area (Å²) < 4.78 is 0. The fraction of sp³-hybridized carbons (Fsp3) is 0.136. The molecule has 3 aromatic rings. The molecule has 4 nitrogen and oxygen atoms in total. The molecule has 5 heteroatoms. The number of anilines is 3. The van der Waals surface area contributed by atoms with Crippen molar-refractivity contribution in [3.8, 4) is 11.1 Å². The summed E-state index contributed by atoms with van der Waals surface area (Å²) >= 11 is 6.55. The molecule has 2 amide bonds. The molecule has 3 aromatic carbocycles. The van der Waals surface area contributed by atoms with Crippen molar-refractivity contribution in [3.05, 3.63) is 77.3 Å². The second-order valence-electron chi connectivity index (χ2n) is 6.16. The van der Waals surface area contributed by atoms with Crippen LogP contribution in [0.3, 0.4) is 0 Å². The Morgan fingerprint density at radius 1 is 0.926 bits per heavy atom. The lowest BCUT2D eigenvalue weighted by Gasteiger charge is -2.15. The molecule has 0 saturated carbocycles. The molecule has 0 aliphatic carbocycles. The normalized spacial score (nSPS) is 10.3. The summed E-state index contributed by atoms with van der Waals surface area (Å²) in [6, 6.07) is 21.3. The van der Waals surface area contributed by atoms with Crippen LogP contribution >= 0.6 is 11.6 Å². The molecule has 0 bridgehead atoms. The van der Waals surface area contributed by atoms with Crippen LogP contribution in [0, 0.1) is 6.92 Å². The number of benzene rings is 3. The van der Waals surface area contributed by atoms with E-state index in [0.29, 0.717) is 17.3 Å². The highest BCUT2D eigenvalue weighted by Gasteiger charge is 2.09. The summed E-state index contributed by atoms with van der Waals surface area (Å²) in [7, 11) is 0. The predicted octanol–water partition coefficient (Wildman–Crippen LogP) is 6.20. The number of nitrogens with one attached hydrogen (secondary N) is 3. The lowest BCUT2D eigenvalue weighted by Crippen LogP contribution is -2.28. The van der Waals surface area contributed by atoms with E-state index in [0.717, 1.165) is 22.5 Å². The third kappa shape index (κ3) is 4.60. The Balaban J connectivity index is 1.84. The summed E-state index contributed by atoms with van der Waals surface area (Å²) in [6.07, 6.45) is 0. The maximum Gasteiger partial charge on any atom is 0.319 e.